The molecule has 3 N–H and O–H groups in total. The lowest BCUT2D eigenvalue weighted by molar-refractivity contribution is -0.153. The van der Waals surface area contributed by atoms with Crippen molar-refractivity contribution < 1.29 is 32.2 Å². The number of alkyl halides is 3. The molecule has 0 aliphatic heterocycles. The van der Waals surface area contributed by atoms with E-state index in [1.54, 1.807) is 0 Å². The van der Waals surface area contributed by atoms with Gasteiger partial charge >= 0.3 is 12.2 Å². The molecule has 0 radical (unpaired) electrons. The van der Waals surface area contributed by atoms with Crippen LogP contribution in [0.15, 0.2) is 18.2 Å². The first-order chi connectivity index (χ1) is 10.7. The van der Waals surface area contributed by atoms with Crippen LogP contribution in [0, 0.1) is 11.7 Å². The van der Waals surface area contributed by atoms with Crippen molar-refractivity contribution in [1.29, 1.82) is 0 Å². The van der Waals surface area contributed by atoms with Crippen LogP contribution in [-0.2, 0) is 0 Å². The number of benzene rings is 1. The van der Waals surface area contributed by atoms with Crippen molar-refractivity contribution in [3.8, 4) is 5.75 Å². The van der Waals surface area contributed by atoms with E-state index < -0.39 is 36.5 Å². The van der Waals surface area contributed by atoms with Gasteiger partial charge in [0.1, 0.15) is 11.6 Å². The van der Waals surface area contributed by atoms with Gasteiger partial charge in [-0.1, -0.05) is 0 Å². The number of aliphatic hydroxyl groups is 1. The molecule has 0 saturated heterocycles. The average molecular weight is 336 g/mol. The van der Waals surface area contributed by atoms with Gasteiger partial charge in [-0.15, -0.1) is 0 Å². The van der Waals surface area contributed by atoms with Gasteiger partial charge in [-0.25, -0.2) is 9.18 Å². The fraction of sp³-hybridized carbons (Fsp3) is 0.500. The number of carbonyl (C=O) groups is 1. The molecule has 128 valence electrons. The minimum absolute atomic E-state index is 0.0242. The minimum atomic E-state index is -4.58. The third-order valence-corrected chi connectivity index (χ3v) is 3.22. The molecule has 1 atom stereocenters. The number of halogens is 4. The van der Waals surface area contributed by atoms with Gasteiger partial charge in [-0.05, 0) is 30.9 Å². The predicted molar refractivity (Wildman–Crippen MR) is 73.7 cm³/mol. The second kappa shape index (κ2) is 7.03. The standard InChI is InChI=1S/C14H16F4N2O3/c15-9-3-4-10(12(5-9)23-7-14(16,17)18)20-13(22)19-6-11(21)8-1-2-8/h3-5,8,11,21H,1-2,6-7H2,(H2,19,20,22). The number of rotatable bonds is 6. The lowest BCUT2D eigenvalue weighted by atomic mass is 10.2. The van der Waals surface area contributed by atoms with Gasteiger partial charge in [0, 0.05) is 12.6 Å². The number of ether oxygens (including phenoxy) is 1. The van der Waals surface area contributed by atoms with E-state index in [9.17, 15) is 27.5 Å². The summed E-state index contributed by atoms with van der Waals surface area (Å²) < 4.78 is 54.2. The Morgan fingerprint density at radius 2 is 2.09 bits per heavy atom. The monoisotopic (exact) mass is 336 g/mol. The Balaban J connectivity index is 1.93. The second-order valence-corrected chi connectivity index (χ2v) is 5.28. The molecule has 1 aromatic rings. The number of hydrogen-bond acceptors (Lipinski definition) is 3. The van der Waals surface area contributed by atoms with Crippen LogP contribution in [0.5, 0.6) is 5.75 Å². The summed E-state index contributed by atoms with van der Waals surface area (Å²) in [4.78, 5) is 11.7. The van der Waals surface area contributed by atoms with E-state index in [4.69, 9.17) is 0 Å². The van der Waals surface area contributed by atoms with Crippen molar-refractivity contribution in [2.24, 2.45) is 5.92 Å². The van der Waals surface area contributed by atoms with Gasteiger partial charge in [0.15, 0.2) is 6.61 Å². The highest BCUT2D eigenvalue weighted by Crippen LogP contribution is 2.32. The fourth-order valence-electron chi connectivity index (χ4n) is 1.89. The van der Waals surface area contributed by atoms with Crippen molar-refractivity contribution in [2.75, 3.05) is 18.5 Å². The highest BCUT2D eigenvalue weighted by Gasteiger charge is 2.30. The van der Waals surface area contributed by atoms with Gasteiger partial charge in [-0.2, -0.15) is 13.2 Å². The largest absolute Gasteiger partial charge is 0.482 e. The summed E-state index contributed by atoms with van der Waals surface area (Å²) in [6, 6.07) is 2.10. The molecule has 0 aromatic heterocycles. The van der Waals surface area contributed by atoms with E-state index >= 15 is 0 Å². The highest BCUT2D eigenvalue weighted by molar-refractivity contribution is 5.90. The molecule has 0 heterocycles. The number of carbonyl (C=O) groups excluding carboxylic acids is 1. The van der Waals surface area contributed by atoms with Crippen LogP contribution < -0.4 is 15.4 Å². The number of hydrogen-bond donors (Lipinski definition) is 3. The zero-order chi connectivity index (χ0) is 17.0. The smallest absolute Gasteiger partial charge is 0.422 e. The van der Waals surface area contributed by atoms with Crippen LogP contribution in [0.3, 0.4) is 0 Å². The van der Waals surface area contributed by atoms with E-state index in [1.165, 1.54) is 0 Å². The molecule has 0 bridgehead atoms. The van der Waals surface area contributed by atoms with Crippen molar-refractivity contribution in [1.82, 2.24) is 5.32 Å². The third kappa shape index (κ3) is 5.93. The van der Waals surface area contributed by atoms with Gasteiger partial charge in [0.05, 0.1) is 11.8 Å². The van der Waals surface area contributed by atoms with Crippen molar-refractivity contribution in [2.45, 2.75) is 25.1 Å². The molecule has 1 aromatic carbocycles. The minimum Gasteiger partial charge on any atom is -0.482 e. The fourth-order valence-corrected chi connectivity index (χ4v) is 1.89. The molecule has 1 aliphatic carbocycles. The van der Waals surface area contributed by atoms with Crippen LogP contribution in [-0.4, -0.2) is 36.6 Å². The Labute approximate surface area is 129 Å². The summed E-state index contributed by atoms with van der Waals surface area (Å²) in [7, 11) is 0. The molecule has 1 unspecified atom stereocenters. The number of aliphatic hydroxyl groups excluding tert-OH is 1. The van der Waals surface area contributed by atoms with E-state index in [1.807, 2.05) is 0 Å². The molecule has 2 amide bonds. The SMILES string of the molecule is O=C(NCC(O)C1CC1)Nc1ccc(F)cc1OCC(F)(F)F. The first-order valence-electron chi connectivity index (χ1n) is 6.96. The number of anilines is 1. The number of nitrogens with one attached hydrogen (secondary N) is 2. The second-order valence-electron chi connectivity index (χ2n) is 5.28. The molecule has 2 rings (SSSR count). The molecule has 1 fully saturated rings. The normalized spacial score (nSPS) is 15.9. The van der Waals surface area contributed by atoms with Crippen LogP contribution in [0.2, 0.25) is 0 Å². The zero-order valence-electron chi connectivity index (χ0n) is 12.0. The maximum Gasteiger partial charge on any atom is 0.422 e. The molecule has 23 heavy (non-hydrogen) atoms. The van der Waals surface area contributed by atoms with Crippen LogP contribution in [0.4, 0.5) is 28.0 Å². The quantitative estimate of drug-likeness (QED) is 0.700. The Bertz CT molecular complexity index is 561. The van der Waals surface area contributed by atoms with Crippen molar-refractivity contribution in [3.05, 3.63) is 24.0 Å². The predicted octanol–water partition coefficient (Wildman–Crippen LogP) is 2.66. The van der Waals surface area contributed by atoms with Gasteiger partial charge in [0.25, 0.3) is 0 Å². The summed E-state index contributed by atoms with van der Waals surface area (Å²) >= 11 is 0. The van der Waals surface area contributed by atoms with Crippen LogP contribution in [0.25, 0.3) is 0 Å². The van der Waals surface area contributed by atoms with E-state index in [0.717, 1.165) is 31.0 Å². The maximum absolute atomic E-state index is 13.1. The highest BCUT2D eigenvalue weighted by atomic mass is 19.4. The Morgan fingerprint density at radius 1 is 1.39 bits per heavy atom. The first-order valence-corrected chi connectivity index (χ1v) is 6.96. The Morgan fingerprint density at radius 3 is 2.70 bits per heavy atom. The summed E-state index contributed by atoms with van der Waals surface area (Å²) in [5.74, 6) is -1.05. The molecule has 9 heteroatoms. The van der Waals surface area contributed by atoms with Gasteiger partial charge in [-0.3, -0.25) is 0 Å². The average Bonchev–Trinajstić information content (AvgIpc) is 3.29. The molecule has 0 spiro atoms. The zero-order valence-corrected chi connectivity index (χ0v) is 12.0. The van der Waals surface area contributed by atoms with E-state index in [-0.39, 0.29) is 18.2 Å². The Kier molecular flexibility index (Phi) is 5.30. The van der Waals surface area contributed by atoms with Gasteiger partial charge < -0.3 is 20.5 Å². The molecular weight excluding hydrogens is 320 g/mol. The molecular formula is C14H16F4N2O3. The van der Waals surface area contributed by atoms with Crippen molar-refractivity contribution >= 4 is 11.7 Å². The lowest BCUT2D eigenvalue weighted by Gasteiger charge is -2.15. The maximum atomic E-state index is 13.1. The van der Waals surface area contributed by atoms with Crippen LogP contribution >= 0.6 is 0 Å². The first kappa shape index (κ1) is 17.3. The topological polar surface area (TPSA) is 70.6 Å². The summed E-state index contributed by atoms with van der Waals surface area (Å²) in [6.45, 7) is -1.58. The molecule has 1 aliphatic rings. The summed E-state index contributed by atoms with van der Waals surface area (Å²) in [6.07, 6.45) is -3.44. The van der Waals surface area contributed by atoms with E-state index in [2.05, 4.69) is 15.4 Å². The third-order valence-electron chi connectivity index (χ3n) is 3.22. The number of urea groups is 1. The molecule has 5 nitrogen and oxygen atoms in total. The van der Waals surface area contributed by atoms with Gasteiger partial charge in [0.2, 0.25) is 0 Å². The summed E-state index contributed by atoms with van der Waals surface area (Å²) in [5.41, 5.74) is -0.103. The number of amides is 2. The van der Waals surface area contributed by atoms with E-state index in [0.29, 0.717) is 0 Å². The Hall–Kier alpha value is -2.03. The van der Waals surface area contributed by atoms with Crippen LogP contribution in [0.1, 0.15) is 12.8 Å². The lowest BCUT2D eigenvalue weighted by Crippen LogP contribution is -2.36. The van der Waals surface area contributed by atoms with Crippen molar-refractivity contribution in [3.63, 3.8) is 0 Å². The molecule has 1 saturated carbocycles. The summed E-state index contributed by atoms with van der Waals surface area (Å²) in [5, 5.41) is 14.3.